The molecule has 0 bridgehead atoms. The largest absolute Gasteiger partial charge is 0.573 e. The molecular formula is C23H26F4O3. The quantitative estimate of drug-likeness (QED) is 0.285. The van der Waals surface area contributed by atoms with Gasteiger partial charge in [0.25, 0.3) is 0 Å². The molecule has 2 aromatic rings. The highest BCUT2D eigenvalue weighted by atomic mass is 19.4. The van der Waals surface area contributed by atoms with Crippen molar-refractivity contribution in [2.75, 3.05) is 0 Å². The first kappa shape index (κ1) is 22.6. The molecule has 0 radical (unpaired) electrons. The molecule has 3 nitrogen and oxygen atoms in total. The van der Waals surface area contributed by atoms with Crippen molar-refractivity contribution in [2.45, 2.75) is 63.8 Å². The zero-order valence-corrected chi connectivity index (χ0v) is 16.8. The molecule has 0 heterocycles. The summed E-state index contributed by atoms with van der Waals surface area (Å²) in [6.45, 7) is 2.19. The molecule has 1 aliphatic rings. The summed E-state index contributed by atoms with van der Waals surface area (Å²) in [4.78, 5) is 4.47. The zero-order chi connectivity index (χ0) is 21.7. The molecule has 1 N–H and O–H groups in total. The minimum atomic E-state index is -4.80. The van der Waals surface area contributed by atoms with E-state index < -0.39 is 24.0 Å². The molecule has 3 rings (SSSR count). The molecule has 1 fully saturated rings. The molecule has 7 heteroatoms. The first-order chi connectivity index (χ1) is 14.3. The summed E-state index contributed by atoms with van der Waals surface area (Å²) >= 11 is 0. The van der Waals surface area contributed by atoms with Crippen LogP contribution in [0.3, 0.4) is 0 Å². The number of hydrogen-bond acceptors (Lipinski definition) is 3. The van der Waals surface area contributed by atoms with Crippen molar-refractivity contribution in [3.8, 4) is 5.75 Å². The van der Waals surface area contributed by atoms with Crippen LogP contribution in [0, 0.1) is 11.7 Å². The summed E-state index contributed by atoms with van der Waals surface area (Å²) in [5, 5.41) is 9.33. The van der Waals surface area contributed by atoms with E-state index in [9.17, 15) is 22.8 Å². The fraction of sp³-hybridized carbons (Fsp3) is 0.478. The van der Waals surface area contributed by atoms with Crippen molar-refractivity contribution in [1.29, 1.82) is 0 Å². The van der Waals surface area contributed by atoms with Crippen LogP contribution in [-0.4, -0.2) is 11.6 Å². The topological polar surface area (TPSA) is 38.7 Å². The maximum absolute atomic E-state index is 14.9. The van der Waals surface area contributed by atoms with Gasteiger partial charge in [-0.2, -0.15) is 0 Å². The summed E-state index contributed by atoms with van der Waals surface area (Å²) < 4.78 is 55.6. The van der Waals surface area contributed by atoms with Gasteiger partial charge >= 0.3 is 6.36 Å². The molecule has 0 aliphatic heterocycles. The first-order valence-electron chi connectivity index (χ1n) is 10.3. The lowest BCUT2D eigenvalue weighted by molar-refractivity contribution is -0.275. The lowest BCUT2D eigenvalue weighted by Crippen LogP contribution is -2.17. The van der Waals surface area contributed by atoms with Crippen molar-refractivity contribution in [2.24, 2.45) is 5.92 Å². The Labute approximate surface area is 173 Å². The highest BCUT2D eigenvalue weighted by Gasteiger charge is 2.31. The van der Waals surface area contributed by atoms with Crippen LogP contribution in [0.5, 0.6) is 5.75 Å². The second-order valence-electron chi connectivity index (χ2n) is 7.89. The molecule has 2 aromatic carbocycles. The summed E-state index contributed by atoms with van der Waals surface area (Å²) in [6, 6.07) is 9.67. The van der Waals surface area contributed by atoms with Crippen LogP contribution in [0.4, 0.5) is 17.6 Å². The van der Waals surface area contributed by atoms with Crippen LogP contribution < -0.4 is 4.74 Å². The van der Waals surface area contributed by atoms with Gasteiger partial charge in [0.15, 0.2) is 0 Å². The van der Waals surface area contributed by atoms with Gasteiger partial charge in [-0.1, -0.05) is 44.0 Å². The molecule has 30 heavy (non-hydrogen) atoms. The van der Waals surface area contributed by atoms with E-state index in [0.29, 0.717) is 11.5 Å². The third kappa shape index (κ3) is 5.73. The van der Waals surface area contributed by atoms with Crippen molar-refractivity contribution in [1.82, 2.24) is 0 Å². The van der Waals surface area contributed by atoms with E-state index in [1.807, 2.05) is 6.07 Å². The Morgan fingerprint density at radius 3 is 2.23 bits per heavy atom. The van der Waals surface area contributed by atoms with Gasteiger partial charge in [0, 0.05) is 5.56 Å². The molecule has 0 amide bonds. The smallest absolute Gasteiger partial charge is 0.406 e. The lowest BCUT2D eigenvalue weighted by Gasteiger charge is -2.29. The van der Waals surface area contributed by atoms with Gasteiger partial charge in [0.1, 0.15) is 17.7 Å². The van der Waals surface area contributed by atoms with Gasteiger partial charge in [-0.15, -0.1) is 13.2 Å². The van der Waals surface area contributed by atoms with E-state index in [1.54, 1.807) is 6.07 Å². The molecule has 1 saturated carbocycles. The Bertz CT molecular complexity index is 812. The van der Waals surface area contributed by atoms with Crippen molar-refractivity contribution in [3.05, 3.63) is 65.0 Å². The molecule has 1 atom stereocenters. The van der Waals surface area contributed by atoms with Gasteiger partial charge in [-0.05, 0) is 66.8 Å². The molecule has 0 unspecified atom stereocenters. The molecule has 0 aromatic heterocycles. The van der Waals surface area contributed by atoms with Crippen LogP contribution in [0.15, 0.2) is 42.5 Å². The summed E-state index contributed by atoms with van der Waals surface area (Å²) in [5.41, 5.74) is 1.35. The van der Waals surface area contributed by atoms with Gasteiger partial charge in [-0.3, -0.25) is 5.26 Å². The Morgan fingerprint density at radius 1 is 1.03 bits per heavy atom. The summed E-state index contributed by atoms with van der Waals surface area (Å²) in [5.74, 6) is 0.149. The number of halogens is 4. The Kier molecular flexibility index (Phi) is 7.36. The third-order valence-corrected chi connectivity index (χ3v) is 5.84. The first-order valence-corrected chi connectivity index (χ1v) is 10.3. The lowest BCUT2D eigenvalue weighted by atomic mass is 9.77. The van der Waals surface area contributed by atoms with Gasteiger partial charge in [-0.25, -0.2) is 9.28 Å². The summed E-state index contributed by atoms with van der Waals surface area (Å²) in [7, 11) is 0. The van der Waals surface area contributed by atoms with E-state index >= 15 is 0 Å². The van der Waals surface area contributed by atoms with E-state index in [4.69, 9.17) is 0 Å². The average molecular weight is 426 g/mol. The Balaban J connectivity index is 1.73. The maximum Gasteiger partial charge on any atom is 0.573 e. The number of benzene rings is 2. The van der Waals surface area contributed by atoms with Crippen molar-refractivity contribution in [3.63, 3.8) is 0 Å². The minimum absolute atomic E-state index is 0.116. The fourth-order valence-corrected chi connectivity index (χ4v) is 4.34. The fourth-order valence-electron chi connectivity index (χ4n) is 4.34. The monoisotopic (exact) mass is 426 g/mol. The molecule has 1 aliphatic carbocycles. The molecule has 0 saturated heterocycles. The normalized spacial score (nSPS) is 20.7. The zero-order valence-electron chi connectivity index (χ0n) is 16.8. The van der Waals surface area contributed by atoms with Crippen LogP contribution in [0.25, 0.3) is 0 Å². The maximum atomic E-state index is 14.9. The standard InChI is InChI=1S/C23H26F4O3/c1-2-3-15-4-6-16(7-5-15)18-10-13-20(21(24)14-18)22(30-28)17-8-11-19(12-9-17)29-23(25,26)27/h8-16,22,28H,2-7H2,1H3/t15?,16?,22-/m0/s1. The number of rotatable bonds is 7. The second-order valence-corrected chi connectivity index (χ2v) is 7.89. The predicted molar refractivity (Wildman–Crippen MR) is 105 cm³/mol. The number of ether oxygens (including phenoxy) is 1. The Hall–Kier alpha value is -2.12. The second kappa shape index (κ2) is 9.79. The van der Waals surface area contributed by atoms with Crippen LogP contribution >= 0.6 is 0 Å². The highest BCUT2D eigenvalue weighted by Crippen LogP contribution is 2.39. The van der Waals surface area contributed by atoms with E-state index in [2.05, 4.69) is 16.5 Å². The Morgan fingerprint density at radius 2 is 1.70 bits per heavy atom. The van der Waals surface area contributed by atoms with E-state index in [1.165, 1.54) is 31.0 Å². The summed E-state index contributed by atoms with van der Waals surface area (Å²) in [6.07, 6.45) is 0.833. The van der Waals surface area contributed by atoms with Crippen LogP contribution in [-0.2, 0) is 4.89 Å². The highest BCUT2D eigenvalue weighted by molar-refractivity contribution is 5.37. The van der Waals surface area contributed by atoms with Crippen LogP contribution in [0.2, 0.25) is 0 Å². The average Bonchev–Trinajstić information content (AvgIpc) is 2.70. The SMILES string of the molecule is CCCC1CCC(c2ccc([C@@H](OO)c3ccc(OC(F)(F)F)cc3)c(F)c2)CC1. The predicted octanol–water partition coefficient (Wildman–Crippen LogP) is 7.38. The minimum Gasteiger partial charge on any atom is -0.406 e. The van der Waals surface area contributed by atoms with Crippen molar-refractivity contribution < 1.29 is 32.4 Å². The van der Waals surface area contributed by atoms with Crippen molar-refractivity contribution >= 4 is 0 Å². The van der Waals surface area contributed by atoms with E-state index in [0.717, 1.165) is 49.3 Å². The van der Waals surface area contributed by atoms with Gasteiger partial charge in [0.2, 0.25) is 0 Å². The van der Waals surface area contributed by atoms with Gasteiger partial charge < -0.3 is 4.74 Å². The molecule has 0 spiro atoms. The molecule has 164 valence electrons. The van der Waals surface area contributed by atoms with Gasteiger partial charge in [0.05, 0.1) is 0 Å². The molecular weight excluding hydrogens is 400 g/mol. The third-order valence-electron chi connectivity index (χ3n) is 5.84. The number of alkyl halides is 3. The van der Waals surface area contributed by atoms with E-state index in [-0.39, 0.29) is 5.56 Å². The number of hydrogen-bond donors (Lipinski definition) is 1. The van der Waals surface area contributed by atoms with Crippen LogP contribution in [0.1, 0.15) is 74.2 Å².